The Bertz CT molecular complexity index is 981. The molecule has 4 amide bonds. The minimum absolute atomic E-state index is 0.165. The molecule has 2 saturated heterocycles. The predicted molar refractivity (Wildman–Crippen MR) is 96.7 cm³/mol. The van der Waals surface area contributed by atoms with Crippen molar-refractivity contribution in [3.05, 3.63) is 41.0 Å². The zero-order chi connectivity index (χ0) is 19.7. The number of phenolic OH excluding ortho intramolecular Hbond substituents is 1. The van der Waals surface area contributed by atoms with Crippen LogP contribution in [-0.2, 0) is 19.2 Å². The number of hydrogen-bond acceptors (Lipinski definition) is 5. The van der Waals surface area contributed by atoms with E-state index in [4.69, 9.17) is 0 Å². The molecule has 3 fully saturated rings. The van der Waals surface area contributed by atoms with Crippen LogP contribution in [0.5, 0.6) is 5.75 Å². The van der Waals surface area contributed by atoms with Gasteiger partial charge in [0.15, 0.2) is 0 Å². The highest BCUT2D eigenvalue weighted by Gasteiger charge is 2.58. The third kappa shape index (κ3) is 2.22. The molecule has 2 heterocycles. The Balaban J connectivity index is 1.66. The zero-order valence-corrected chi connectivity index (χ0v) is 15.3. The van der Waals surface area contributed by atoms with E-state index in [9.17, 15) is 24.3 Å². The number of imide groups is 2. The van der Waals surface area contributed by atoms with Gasteiger partial charge in [-0.05, 0) is 42.9 Å². The van der Waals surface area contributed by atoms with Crippen LogP contribution in [-0.4, -0.2) is 28.7 Å². The summed E-state index contributed by atoms with van der Waals surface area (Å²) in [6.45, 7) is 1.78. The lowest BCUT2D eigenvalue weighted by molar-refractivity contribution is -0.128. The number of amides is 4. The molecule has 1 saturated carbocycles. The second-order valence-electron chi connectivity index (χ2n) is 8.28. The van der Waals surface area contributed by atoms with Crippen molar-refractivity contribution < 1.29 is 24.3 Å². The Kier molecular flexibility index (Phi) is 3.53. The Labute approximate surface area is 161 Å². The molecule has 0 aromatic heterocycles. The van der Waals surface area contributed by atoms with Crippen LogP contribution >= 0.6 is 0 Å². The maximum atomic E-state index is 12.6. The second-order valence-corrected chi connectivity index (χ2v) is 8.28. The lowest BCUT2D eigenvalue weighted by Gasteiger charge is -2.44. The third-order valence-electron chi connectivity index (χ3n) is 6.91. The predicted octanol–water partition coefficient (Wildman–Crippen LogP) is 0.912. The molecule has 7 heteroatoms. The van der Waals surface area contributed by atoms with Gasteiger partial charge >= 0.3 is 0 Å². The molecule has 2 aliphatic carbocycles. The van der Waals surface area contributed by atoms with Gasteiger partial charge < -0.3 is 5.11 Å². The number of benzene rings is 1. The molecule has 0 spiro atoms. The van der Waals surface area contributed by atoms with Gasteiger partial charge in [-0.15, -0.1) is 0 Å². The van der Waals surface area contributed by atoms with Crippen molar-refractivity contribution >= 4 is 23.6 Å². The molecule has 3 N–H and O–H groups in total. The average molecular weight is 380 g/mol. The molecule has 144 valence electrons. The van der Waals surface area contributed by atoms with Gasteiger partial charge in [-0.1, -0.05) is 23.8 Å². The number of rotatable bonds is 1. The van der Waals surface area contributed by atoms with Gasteiger partial charge in [0, 0.05) is 5.92 Å². The summed E-state index contributed by atoms with van der Waals surface area (Å²) in [5, 5.41) is 14.8. The molecule has 28 heavy (non-hydrogen) atoms. The number of carbonyl (C=O) groups is 4. The number of fused-ring (bicyclic) bond motifs is 4. The van der Waals surface area contributed by atoms with Crippen molar-refractivity contribution in [1.29, 1.82) is 0 Å². The van der Waals surface area contributed by atoms with Crippen LogP contribution in [0.25, 0.3) is 0 Å². The van der Waals surface area contributed by atoms with Crippen LogP contribution in [0.4, 0.5) is 0 Å². The van der Waals surface area contributed by atoms with Crippen LogP contribution in [0.3, 0.4) is 0 Å². The summed E-state index contributed by atoms with van der Waals surface area (Å²) in [4.78, 5) is 49.7. The van der Waals surface area contributed by atoms with Gasteiger partial charge in [0.05, 0.1) is 23.7 Å². The van der Waals surface area contributed by atoms with Crippen LogP contribution < -0.4 is 10.6 Å². The lowest BCUT2D eigenvalue weighted by atomic mass is 9.57. The number of allylic oxidation sites excluding steroid dienone is 2. The van der Waals surface area contributed by atoms with E-state index >= 15 is 0 Å². The monoisotopic (exact) mass is 380 g/mol. The average Bonchev–Trinajstić information content (AvgIpc) is 3.11. The Morgan fingerprint density at radius 1 is 0.893 bits per heavy atom. The lowest BCUT2D eigenvalue weighted by Crippen LogP contribution is -2.42. The fraction of sp³-hybridized carbons (Fsp3) is 0.429. The summed E-state index contributed by atoms with van der Waals surface area (Å²) in [6.07, 6.45) is 2.83. The molecule has 1 aromatic carbocycles. The molecule has 5 rings (SSSR count). The molecule has 6 atom stereocenters. The fourth-order valence-corrected chi connectivity index (χ4v) is 5.66. The first-order valence-electron chi connectivity index (χ1n) is 9.55. The van der Waals surface area contributed by atoms with E-state index in [-0.39, 0.29) is 41.2 Å². The minimum Gasteiger partial charge on any atom is -0.508 e. The molecule has 0 bridgehead atoms. The van der Waals surface area contributed by atoms with Gasteiger partial charge in [-0.2, -0.15) is 0 Å². The summed E-state index contributed by atoms with van der Waals surface area (Å²) in [5.74, 6) is -3.50. The van der Waals surface area contributed by atoms with Crippen LogP contribution in [0.2, 0.25) is 0 Å². The molecular formula is C21H20N2O5. The van der Waals surface area contributed by atoms with Gasteiger partial charge in [0.1, 0.15) is 5.75 Å². The molecule has 6 unspecified atom stereocenters. The Hall–Kier alpha value is -2.96. The van der Waals surface area contributed by atoms with E-state index in [2.05, 4.69) is 10.6 Å². The molecule has 2 aliphatic heterocycles. The smallest absolute Gasteiger partial charge is 0.231 e. The van der Waals surface area contributed by atoms with Gasteiger partial charge in [-0.3, -0.25) is 29.8 Å². The molecule has 7 nitrogen and oxygen atoms in total. The summed E-state index contributed by atoms with van der Waals surface area (Å²) < 4.78 is 0. The number of nitrogens with one attached hydrogen (secondary N) is 2. The fourth-order valence-electron chi connectivity index (χ4n) is 5.66. The van der Waals surface area contributed by atoms with E-state index in [1.54, 1.807) is 19.1 Å². The van der Waals surface area contributed by atoms with Crippen molar-refractivity contribution in [2.45, 2.75) is 25.7 Å². The SMILES string of the molecule is Cc1cc(C2C3=CCC4C(=O)NC(=O)C4C3CC3C(=O)NC(=O)C32)ccc1O. The minimum atomic E-state index is -0.532. The van der Waals surface area contributed by atoms with E-state index < -0.39 is 23.7 Å². The molecule has 1 aromatic rings. The number of aromatic hydroxyl groups is 1. The van der Waals surface area contributed by atoms with Crippen molar-refractivity contribution in [3.8, 4) is 5.75 Å². The van der Waals surface area contributed by atoms with Crippen LogP contribution in [0.1, 0.15) is 29.9 Å². The normalized spacial score (nSPS) is 36.2. The third-order valence-corrected chi connectivity index (χ3v) is 6.91. The second kappa shape index (κ2) is 5.77. The van der Waals surface area contributed by atoms with Gasteiger partial charge in [0.2, 0.25) is 23.6 Å². The highest BCUT2D eigenvalue weighted by molar-refractivity contribution is 6.07. The maximum Gasteiger partial charge on any atom is 0.231 e. The standard InChI is InChI=1S/C21H20N2O5/c1-8-6-9(2-5-14(8)24)15-10-3-4-11-16(20(27)22-18(11)25)12(10)7-13-17(15)21(28)23-19(13)26/h2-3,5-6,11-13,15-17,24H,4,7H2,1H3,(H,22,25,27)(H,23,26,28). The van der Waals surface area contributed by atoms with E-state index in [1.165, 1.54) is 0 Å². The summed E-state index contributed by atoms with van der Waals surface area (Å²) in [5.41, 5.74) is 2.49. The maximum absolute atomic E-state index is 12.6. The molecule has 0 radical (unpaired) electrons. The van der Waals surface area contributed by atoms with E-state index in [1.807, 2.05) is 12.1 Å². The van der Waals surface area contributed by atoms with Gasteiger partial charge in [0.25, 0.3) is 0 Å². The Morgan fingerprint density at radius 3 is 2.29 bits per heavy atom. The number of phenols is 1. The Morgan fingerprint density at radius 2 is 1.57 bits per heavy atom. The van der Waals surface area contributed by atoms with Crippen molar-refractivity contribution in [3.63, 3.8) is 0 Å². The number of aryl methyl sites for hydroxylation is 1. The quantitative estimate of drug-likeness (QED) is 0.495. The highest BCUT2D eigenvalue weighted by Crippen LogP contribution is 2.56. The van der Waals surface area contributed by atoms with Crippen LogP contribution in [0, 0.1) is 36.5 Å². The molecular weight excluding hydrogens is 360 g/mol. The van der Waals surface area contributed by atoms with Crippen molar-refractivity contribution in [2.24, 2.45) is 29.6 Å². The number of carbonyl (C=O) groups excluding carboxylic acids is 4. The van der Waals surface area contributed by atoms with Crippen LogP contribution in [0.15, 0.2) is 29.8 Å². The van der Waals surface area contributed by atoms with E-state index in [0.29, 0.717) is 18.4 Å². The first-order chi connectivity index (χ1) is 13.4. The van der Waals surface area contributed by atoms with Crippen molar-refractivity contribution in [2.75, 3.05) is 0 Å². The first-order valence-corrected chi connectivity index (χ1v) is 9.55. The summed E-state index contributed by atoms with van der Waals surface area (Å²) in [6, 6.07) is 5.20. The van der Waals surface area contributed by atoms with E-state index in [0.717, 1.165) is 11.1 Å². The van der Waals surface area contributed by atoms with Gasteiger partial charge in [-0.25, -0.2) is 0 Å². The summed E-state index contributed by atoms with van der Waals surface area (Å²) >= 11 is 0. The topological polar surface area (TPSA) is 113 Å². The first kappa shape index (κ1) is 17.2. The van der Waals surface area contributed by atoms with Crippen molar-refractivity contribution in [1.82, 2.24) is 10.6 Å². The number of hydrogen-bond donors (Lipinski definition) is 3. The zero-order valence-electron chi connectivity index (χ0n) is 15.3. The molecule has 4 aliphatic rings. The largest absolute Gasteiger partial charge is 0.508 e. The summed E-state index contributed by atoms with van der Waals surface area (Å²) in [7, 11) is 0. The highest BCUT2D eigenvalue weighted by atomic mass is 16.3.